The molecule has 0 aromatic carbocycles. The van der Waals surface area contributed by atoms with E-state index >= 15 is 0 Å². The highest BCUT2D eigenvalue weighted by atomic mass is 15.0. The van der Waals surface area contributed by atoms with Crippen molar-refractivity contribution in [3.05, 3.63) is 54.9 Å². The Hall–Kier alpha value is -2.69. The molecule has 3 aromatic rings. The maximum absolute atomic E-state index is 4.47. The van der Waals surface area contributed by atoms with Gasteiger partial charge in [-0.1, -0.05) is 0 Å². The van der Waals surface area contributed by atoms with Crippen LogP contribution in [0.15, 0.2) is 49.1 Å². The van der Waals surface area contributed by atoms with Gasteiger partial charge in [-0.2, -0.15) is 0 Å². The van der Waals surface area contributed by atoms with E-state index in [1.165, 1.54) is 0 Å². The van der Waals surface area contributed by atoms with Crippen LogP contribution in [0.4, 0.5) is 0 Å². The van der Waals surface area contributed by atoms with Crippen LogP contribution < -0.4 is 0 Å². The molecule has 19 heavy (non-hydrogen) atoms. The average molecular weight is 249 g/mol. The van der Waals surface area contributed by atoms with Crippen LogP contribution in [0.5, 0.6) is 0 Å². The normalized spacial score (nSPS) is 10.4. The molecule has 0 atom stereocenters. The summed E-state index contributed by atoms with van der Waals surface area (Å²) in [5.74, 6) is 1.92. The fraction of sp³-hybridized carbons (Fsp3) is 0.0714. The molecule has 3 heterocycles. The Kier molecular flexibility index (Phi) is 2.94. The van der Waals surface area contributed by atoms with Crippen LogP contribution in [0.2, 0.25) is 0 Å². The quantitative estimate of drug-likeness (QED) is 0.697. The van der Waals surface area contributed by atoms with Crippen LogP contribution >= 0.6 is 0 Å². The van der Waals surface area contributed by atoms with Crippen LogP contribution in [0.25, 0.3) is 22.8 Å². The van der Waals surface area contributed by atoms with Crippen LogP contribution in [0.1, 0.15) is 5.82 Å². The fourth-order valence-electron chi connectivity index (χ4n) is 1.73. The van der Waals surface area contributed by atoms with Gasteiger partial charge in [0.2, 0.25) is 0 Å². The van der Waals surface area contributed by atoms with Gasteiger partial charge in [0.25, 0.3) is 0 Å². The van der Waals surface area contributed by atoms with Crippen molar-refractivity contribution < 1.29 is 0 Å². The van der Waals surface area contributed by atoms with E-state index in [0.29, 0.717) is 17.5 Å². The van der Waals surface area contributed by atoms with Crippen LogP contribution in [-0.2, 0) is 0 Å². The lowest BCUT2D eigenvalue weighted by molar-refractivity contribution is 0.988. The molecule has 0 aliphatic carbocycles. The molecule has 3 rings (SSSR count). The molecule has 0 radical (unpaired) electrons. The van der Waals surface area contributed by atoms with Crippen molar-refractivity contribution in [2.75, 3.05) is 0 Å². The van der Waals surface area contributed by atoms with Crippen molar-refractivity contribution in [1.82, 2.24) is 24.9 Å². The third-order valence-electron chi connectivity index (χ3n) is 2.59. The minimum atomic E-state index is 0.624. The second kappa shape index (κ2) is 4.89. The topological polar surface area (TPSA) is 64.5 Å². The summed E-state index contributed by atoms with van der Waals surface area (Å²) < 4.78 is 0. The Balaban J connectivity index is 2.12. The fourth-order valence-corrected chi connectivity index (χ4v) is 1.73. The van der Waals surface area contributed by atoms with Crippen molar-refractivity contribution in [1.29, 1.82) is 0 Å². The molecule has 0 aliphatic heterocycles. The average Bonchev–Trinajstić information content (AvgIpc) is 2.48. The first kappa shape index (κ1) is 11.4. The predicted molar refractivity (Wildman–Crippen MR) is 71.0 cm³/mol. The smallest absolute Gasteiger partial charge is 0.165 e. The summed E-state index contributed by atoms with van der Waals surface area (Å²) in [6.45, 7) is 1.85. The van der Waals surface area contributed by atoms with Gasteiger partial charge in [-0.05, 0) is 31.2 Å². The zero-order valence-corrected chi connectivity index (χ0v) is 10.4. The first-order valence-corrected chi connectivity index (χ1v) is 5.86. The second-order valence-electron chi connectivity index (χ2n) is 4.01. The third-order valence-corrected chi connectivity index (χ3v) is 2.59. The molecular weight excluding hydrogens is 238 g/mol. The van der Waals surface area contributed by atoms with Crippen molar-refractivity contribution in [3.8, 4) is 22.8 Å². The van der Waals surface area contributed by atoms with Gasteiger partial charge >= 0.3 is 0 Å². The molecule has 3 aromatic heterocycles. The van der Waals surface area contributed by atoms with Gasteiger partial charge in [-0.25, -0.2) is 15.0 Å². The maximum Gasteiger partial charge on any atom is 0.165 e. The Labute approximate surface area is 110 Å². The molecule has 0 saturated heterocycles. The van der Waals surface area contributed by atoms with Gasteiger partial charge < -0.3 is 0 Å². The van der Waals surface area contributed by atoms with Crippen LogP contribution in [-0.4, -0.2) is 24.9 Å². The lowest BCUT2D eigenvalue weighted by Gasteiger charge is -2.04. The SMILES string of the molecule is Cc1nc(-c2cccnc2)nc(-c2cccnc2)n1. The van der Waals surface area contributed by atoms with E-state index in [1.54, 1.807) is 24.8 Å². The molecule has 0 N–H and O–H groups in total. The van der Waals surface area contributed by atoms with Crippen molar-refractivity contribution in [2.45, 2.75) is 6.92 Å². The van der Waals surface area contributed by atoms with Gasteiger partial charge in [-0.3, -0.25) is 9.97 Å². The van der Waals surface area contributed by atoms with Crippen molar-refractivity contribution >= 4 is 0 Å². The molecule has 0 saturated carbocycles. The van der Waals surface area contributed by atoms with Gasteiger partial charge in [0, 0.05) is 35.9 Å². The highest BCUT2D eigenvalue weighted by Gasteiger charge is 2.08. The summed E-state index contributed by atoms with van der Waals surface area (Å²) in [5, 5.41) is 0. The zero-order valence-electron chi connectivity index (χ0n) is 10.4. The number of nitrogens with zero attached hydrogens (tertiary/aromatic N) is 5. The number of aromatic nitrogens is 5. The van der Waals surface area contributed by atoms with Gasteiger partial charge in [0.05, 0.1) is 0 Å². The minimum Gasteiger partial charge on any atom is -0.264 e. The Morgan fingerprint density at radius 2 is 1.26 bits per heavy atom. The molecular formula is C14H11N5. The largest absolute Gasteiger partial charge is 0.264 e. The lowest BCUT2D eigenvalue weighted by Crippen LogP contribution is -1.99. The number of hydrogen-bond donors (Lipinski definition) is 0. The monoisotopic (exact) mass is 249 g/mol. The molecule has 5 nitrogen and oxygen atoms in total. The van der Waals surface area contributed by atoms with Gasteiger partial charge in [0.15, 0.2) is 11.6 Å². The molecule has 0 aliphatic rings. The summed E-state index contributed by atoms with van der Waals surface area (Å²) in [6.07, 6.45) is 6.92. The Morgan fingerprint density at radius 3 is 1.68 bits per heavy atom. The van der Waals surface area contributed by atoms with E-state index in [4.69, 9.17) is 0 Å². The highest BCUT2D eigenvalue weighted by Crippen LogP contribution is 2.18. The molecule has 5 heteroatoms. The lowest BCUT2D eigenvalue weighted by atomic mass is 10.2. The van der Waals surface area contributed by atoms with Crippen molar-refractivity contribution in [2.24, 2.45) is 0 Å². The zero-order chi connectivity index (χ0) is 13.1. The van der Waals surface area contributed by atoms with E-state index in [2.05, 4.69) is 24.9 Å². The summed E-state index contributed by atoms with van der Waals surface area (Å²) in [4.78, 5) is 21.3. The molecule has 0 fully saturated rings. The summed E-state index contributed by atoms with van der Waals surface area (Å²) >= 11 is 0. The minimum absolute atomic E-state index is 0.624. The number of hydrogen-bond acceptors (Lipinski definition) is 5. The molecule has 0 unspecified atom stereocenters. The van der Waals surface area contributed by atoms with Crippen molar-refractivity contribution in [3.63, 3.8) is 0 Å². The van der Waals surface area contributed by atoms with Crippen LogP contribution in [0.3, 0.4) is 0 Å². The Morgan fingerprint density at radius 1 is 0.737 bits per heavy atom. The molecule has 0 bridgehead atoms. The van der Waals surface area contributed by atoms with E-state index < -0.39 is 0 Å². The maximum atomic E-state index is 4.47. The standard InChI is InChI=1S/C14H11N5/c1-10-17-13(11-4-2-6-15-8-11)19-14(18-10)12-5-3-7-16-9-12/h2-9H,1H3. The Bertz CT molecular complexity index is 625. The van der Waals surface area contributed by atoms with E-state index in [1.807, 2.05) is 31.2 Å². The number of rotatable bonds is 2. The van der Waals surface area contributed by atoms with E-state index in [9.17, 15) is 0 Å². The van der Waals surface area contributed by atoms with Gasteiger partial charge in [-0.15, -0.1) is 0 Å². The summed E-state index contributed by atoms with van der Waals surface area (Å²) in [6, 6.07) is 7.57. The van der Waals surface area contributed by atoms with Crippen LogP contribution in [0, 0.1) is 6.92 Å². The second-order valence-corrected chi connectivity index (χ2v) is 4.01. The highest BCUT2D eigenvalue weighted by molar-refractivity contribution is 5.59. The molecule has 0 amide bonds. The molecule has 0 spiro atoms. The number of aryl methyl sites for hydroxylation is 1. The third kappa shape index (κ3) is 2.44. The van der Waals surface area contributed by atoms with E-state index in [0.717, 1.165) is 11.1 Å². The van der Waals surface area contributed by atoms with E-state index in [-0.39, 0.29) is 0 Å². The summed E-state index contributed by atoms with van der Waals surface area (Å²) in [5.41, 5.74) is 1.75. The summed E-state index contributed by atoms with van der Waals surface area (Å²) in [7, 11) is 0. The molecule has 92 valence electrons. The van der Waals surface area contributed by atoms with Gasteiger partial charge in [0.1, 0.15) is 5.82 Å². The first-order valence-electron chi connectivity index (χ1n) is 5.86. The first-order chi connectivity index (χ1) is 9.33. The number of pyridine rings is 2. The predicted octanol–water partition coefficient (Wildman–Crippen LogP) is 2.30.